The van der Waals surface area contributed by atoms with E-state index in [4.69, 9.17) is 0 Å². The lowest BCUT2D eigenvalue weighted by Crippen LogP contribution is -2.33. The Labute approximate surface area is 235 Å². The van der Waals surface area contributed by atoms with Gasteiger partial charge in [0.2, 0.25) is 17.7 Å². The van der Waals surface area contributed by atoms with Crippen molar-refractivity contribution in [1.29, 1.82) is 0 Å². The second kappa shape index (κ2) is 10.1. The quantitative estimate of drug-likeness (QED) is 0.340. The summed E-state index contributed by atoms with van der Waals surface area (Å²) >= 11 is 2.00. The van der Waals surface area contributed by atoms with Gasteiger partial charge in [0.25, 0.3) is 0 Å². The number of thiazole rings is 1. The van der Waals surface area contributed by atoms with Crippen molar-refractivity contribution in [2.45, 2.75) is 29.7 Å². The SMILES string of the molecule is Cc1ccc(N2C(=O)[C@@H]3[C@H](c4ccc(F)cc4)c4sc(=O)n(CC(=O)Nc5ccc(F)cc5)c4S[C@@H]3C2=O)cc1. The Morgan fingerprint density at radius 1 is 0.875 bits per heavy atom. The Kier molecular flexibility index (Phi) is 6.63. The first-order valence-electron chi connectivity index (χ1n) is 12.4. The molecule has 1 fully saturated rings. The highest BCUT2D eigenvalue weighted by Crippen LogP contribution is 2.53. The van der Waals surface area contributed by atoms with Gasteiger partial charge in [0.15, 0.2) is 0 Å². The predicted molar refractivity (Wildman–Crippen MR) is 149 cm³/mol. The maximum Gasteiger partial charge on any atom is 0.308 e. The van der Waals surface area contributed by atoms with Crippen LogP contribution in [0.1, 0.15) is 21.9 Å². The number of hydrogen-bond donors (Lipinski definition) is 1. The number of carbonyl (C=O) groups excluding carboxylic acids is 3. The number of fused-ring (bicyclic) bond motifs is 2. The molecule has 6 rings (SSSR count). The van der Waals surface area contributed by atoms with Crippen molar-refractivity contribution in [3.63, 3.8) is 0 Å². The van der Waals surface area contributed by atoms with Gasteiger partial charge in [-0.1, -0.05) is 52.9 Å². The monoisotopic (exact) mass is 577 g/mol. The zero-order chi connectivity index (χ0) is 28.1. The van der Waals surface area contributed by atoms with Crippen LogP contribution in [0.2, 0.25) is 0 Å². The lowest BCUT2D eigenvalue weighted by atomic mass is 9.83. The third-order valence-corrected chi connectivity index (χ3v) is 9.60. The molecular weight excluding hydrogens is 556 g/mol. The van der Waals surface area contributed by atoms with Crippen molar-refractivity contribution in [2.75, 3.05) is 10.2 Å². The fourth-order valence-corrected chi connectivity index (χ4v) is 7.88. The van der Waals surface area contributed by atoms with Crippen molar-refractivity contribution in [3.8, 4) is 0 Å². The molecule has 2 aliphatic rings. The van der Waals surface area contributed by atoms with E-state index in [1.807, 2.05) is 19.1 Å². The number of hydrogen-bond acceptors (Lipinski definition) is 6. The number of nitrogens with zero attached hydrogens (tertiary/aromatic N) is 2. The summed E-state index contributed by atoms with van der Waals surface area (Å²) in [5.41, 5.74) is 2.39. The average molecular weight is 578 g/mol. The number of nitrogens with one attached hydrogen (secondary N) is 1. The second-order valence-corrected chi connectivity index (χ2v) is 11.7. The van der Waals surface area contributed by atoms with E-state index in [1.165, 1.54) is 45.9 Å². The fraction of sp³-hybridized carbons (Fsp3) is 0.172. The van der Waals surface area contributed by atoms with Gasteiger partial charge in [-0.05, 0) is 61.0 Å². The van der Waals surface area contributed by atoms with Crippen LogP contribution in [0, 0.1) is 24.5 Å². The molecule has 2 aliphatic heterocycles. The van der Waals surface area contributed by atoms with Gasteiger partial charge in [0, 0.05) is 16.5 Å². The van der Waals surface area contributed by atoms with Gasteiger partial charge in [0.1, 0.15) is 23.4 Å². The minimum absolute atomic E-state index is 0.341. The van der Waals surface area contributed by atoms with Gasteiger partial charge in [-0.25, -0.2) is 13.7 Å². The van der Waals surface area contributed by atoms with Crippen LogP contribution in [0.3, 0.4) is 0 Å². The maximum absolute atomic E-state index is 13.8. The van der Waals surface area contributed by atoms with Gasteiger partial charge in [0.05, 0.1) is 16.6 Å². The van der Waals surface area contributed by atoms with Crippen LogP contribution >= 0.6 is 23.1 Å². The van der Waals surface area contributed by atoms with Crippen molar-refractivity contribution in [2.24, 2.45) is 5.92 Å². The summed E-state index contributed by atoms with van der Waals surface area (Å²) in [7, 11) is 0. The maximum atomic E-state index is 13.8. The van der Waals surface area contributed by atoms with Crippen LogP contribution in [-0.2, 0) is 20.9 Å². The molecule has 1 saturated heterocycles. The Balaban J connectivity index is 1.40. The molecule has 1 aromatic heterocycles. The molecule has 3 aromatic carbocycles. The minimum Gasteiger partial charge on any atom is -0.325 e. The third-order valence-electron chi connectivity index (χ3n) is 7.00. The lowest BCUT2D eigenvalue weighted by molar-refractivity contribution is -0.122. The van der Waals surface area contributed by atoms with Crippen LogP contribution < -0.4 is 15.1 Å². The van der Waals surface area contributed by atoms with Gasteiger partial charge in [-0.15, -0.1) is 0 Å². The second-order valence-electron chi connectivity index (χ2n) is 9.62. The van der Waals surface area contributed by atoms with Gasteiger partial charge >= 0.3 is 4.87 Å². The molecule has 3 heterocycles. The summed E-state index contributed by atoms with van der Waals surface area (Å²) in [6.07, 6.45) is 0. The number of aromatic nitrogens is 1. The number of anilines is 2. The highest BCUT2D eigenvalue weighted by molar-refractivity contribution is 8.00. The van der Waals surface area contributed by atoms with E-state index in [0.717, 1.165) is 28.7 Å². The van der Waals surface area contributed by atoms with E-state index < -0.39 is 51.3 Å². The molecule has 1 N–H and O–H groups in total. The number of carbonyl (C=O) groups is 3. The highest BCUT2D eigenvalue weighted by Gasteiger charge is 2.56. The number of amides is 3. The van der Waals surface area contributed by atoms with Crippen LogP contribution in [-0.4, -0.2) is 27.5 Å². The number of imide groups is 1. The normalized spacial score (nSPS) is 19.9. The zero-order valence-corrected chi connectivity index (χ0v) is 22.6. The molecule has 3 atom stereocenters. The molecule has 0 spiro atoms. The molecule has 11 heteroatoms. The summed E-state index contributed by atoms with van der Waals surface area (Å²) in [6.45, 7) is 1.56. The first kappa shape index (κ1) is 26.1. The number of rotatable bonds is 5. The molecule has 40 heavy (non-hydrogen) atoms. The van der Waals surface area contributed by atoms with E-state index in [0.29, 0.717) is 26.8 Å². The van der Waals surface area contributed by atoms with Crippen molar-refractivity contribution < 1.29 is 23.2 Å². The van der Waals surface area contributed by atoms with Crippen molar-refractivity contribution in [1.82, 2.24) is 4.57 Å². The van der Waals surface area contributed by atoms with E-state index >= 15 is 0 Å². The van der Waals surface area contributed by atoms with E-state index in [-0.39, 0.29) is 6.54 Å². The number of benzene rings is 3. The molecule has 0 saturated carbocycles. The average Bonchev–Trinajstić information content (AvgIpc) is 3.37. The fourth-order valence-electron chi connectivity index (χ4n) is 5.11. The number of aryl methyl sites for hydroxylation is 1. The standard InChI is InChI=1S/C29H21F2N3O4S2/c1-15-2-12-20(13-3-15)34-26(36)23-22(16-4-6-17(30)7-5-16)25-28(39-24(23)27(34)37)33(29(38)40-25)14-21(35)32-19-10-8-18(31)9-11-19/h2-13,22-24H,14H2,1H3,(H,32,35)/t22-,23+,24-/m0/s1. The van der Waals surface area contributed by atoms with Gasteiger partial charge in [-0.2, -0.15) is 0 Å². The molecule has 0 aliphatic carbocycles. The summed E-state index contributed by atoms with van der Waals surface area (Å²) in [6, 6.07) is 18.0. The van der Waals surface area contributed by atoms with Crippen LogP contribution in [0.15, 0.2) is 82.6 Å². The molecule has 4 aromatic rings. The number of halogens is 2. The molecule has 0 radical (unpaired) electrons. The van der Waals surface area contributed by atoms with Crippen molar-refractivity contribution in [3.05, 3.63) is 110 Å². The summed E-state index contributed by atoms with van der Waals surface area (Å²) in [5, 5.41) is 2.22. The summed E-state index contributed by atoms with van der Waals surface area (Å²) < 4.78 is 28.4. The van der Waals surface area contributed by atoms with Crippen molar-refractivity contribution >= 4 is 52.2 Å². The Morgan fingerprint density at radius 2 is 1.50 bits per heavy atom. The van der Waals surface area contributed by atoms with E-state index in [9.17, 15) is 28.0 Å². The minimum atomic E-state index is -0.850. The van der Waals surface area contributed by atoms with Crippen LogP contribution in [0.5, 0.6) is 0 Å². The first-order valence-corrected chi connectivity index (χ1v) is 14.1. The largest absolute Gasteiger partial charge is 0.325 e. The Hall–Kier alpha value is -4.09. The summed E-state index contributed by atoms with van der Waals surface area (Å²) in [4.78, 5) is 54.9. The summed E-state index contributed by atoms with van der Waals surface area (Å²) in [5.74, 6) is -3.73. The Morgan fingerprint density at radius 3 is 2.15 bits per heavy atom. The lowest BCUT2D eigenvalue weighted by Gasteiger charge is -2.30. The van der Waals surface area contributed by atoms with Gasteiger partial charge in [-0.3, -0.25) is 23.7 Å². The molecule has 7 nitrogen and oxygen atoms in total. The van der Waals surface area contributed by atoms with Crippen LogP contribution in [0.25, 0.3) is 0 Å². The molecule has 3 amide bonds. The smallest absolute Gasteiger partial charge is 0.308 e. The molecule has 202 valence electrons. The highest BCUT2D eigenvalue weighted by atomic mass is 32.2. The molecule has 0 bridgehead atoms. The van der Waals surface area contributed by atoms with E-state index in [1.54, 1.807) is 24.3 Å². The zero-order valence-electron chi connectivity index (χ0n) is 21.0. The first-order chi connectivity index (χ1) is 19.2. The Bertz CT molecular complexity index is 1700. The van der Waals surface area contributed by atoms with Gasteiger partial charge < -0.3 is 5.32 Å². The van der Waals surface area contributed by atoms with E-state index in [2.05, 4.69) is 5.32 Å². The molecular formula is C29H21F2N3O4S2. The van der Waals surface area contributed by atoms with Crippen LogP contribution in [0.4, 0.5) is 20.2 Å². The number of thioether (sulfide) groups is 1. The molecule has 0 unspecified atom stereocenters. The topological polar surface area (TPSA) is 88.5 Å². The predicted octanol–water partition coefficient (Wildman–Crippen LogP) is 4.93. The third kappa shape index (κ3) is 4.54.